The minimum absolute atomic E-state index is 0.536. The summed E-state index contributed by atoms with van der Waals surface area (Å²) in [5, 5.41) is 2.20. The predicted octanol–water partition coefficient (Wildman–Crippen LogP) is 2.58. The molecule has 2 nitrogen and oxygen atoms in total. The van der Waals surface area contributed by atoms with Gasteiger partial charge in [0.05, 0.1) is 4.47 Å². The Morgan fingerprint density at radius 3 is 2.83 bits per heavy atom. The first-order chi connectivity index (χ1) is 5.79. The molecule has 0 radical (unpaired) electrons. The number of nitrogens with zero attached hydrogens (tertiary/aromatic N) is 1. The first kappa shape index (κ1) is 7.55. The van der Waals surface area contributed by atoms with Crippen LogP contribution in [0, 0.1) is 0 Å². The van der Waals surface area contributed by atoms with E-state index in [1.165, 1.54) is 0 Å². The van der Waals surface area contributed by atoms with E-state index in [-0.39, 0.29) is 0 Å². The van der Waals surface area contributed by atoms with E-state index in [1.807, 2.05) is 24.3 Å². The smallest absolute Gasteiger partial charge is 0.138 e. The molecule has 0 bridgehead atoms. The Morgan fingerprint density at radius 1 is 1.25 bits per heavy atom. The fourth-order valence-corrected chi connectivity index (χ4v) is 1.61. The fraction of sp³-hybridized carbons (Fsp3) is 0. The number of fused-ring (bicyclic) bond motifs is 1. The molecular formula is C9H7BrN2. The minimum atomic E-state index is 0.536. The molecule has 0 unspecified atom stereocenters. The van der Waals surface area contributed by atoms with Crippen molar-refractivity contribution in [3.05, 3.63) is 34.9 Å². The lowest BCUT2D eigenvalue weighted by Gasteiger charge is -2.01. The van der Waals surface area contributed by atoms with Gasteiger partial charge in [-0.2, -0.15) is 0 Å². The number of rotatable bonds is 0. The number of benzene rings is 1. The number of aromatic nitrogens is 1. The van der Waals surface area contributed by atoms with Gasteiger partial charge in [-0.1, -0.05) is 24.3 Å². The summed E-state index contributed by atoms with van der Waals surface area (Å²) in [5.74, 6) is 0.536. The van der Waals surface area contributed by atoms with Crippen LogP contribution in [0.1, 0.15) is 0 Å². The van der Waals surface area contributed by atoms with Crippen molar-refractivity contribution in [2.45, 2.75) is 0 Å². The molecule has 0 aliphatic heterocycles. The van der Waals surface area contributed by atoms with Gasteiger partial charge in [-0.05, 0) is 15.9 Å². The number of nitrogen functional groups attached to an aromatic ring is 1. The van der Waals surface area contributed by atoms with Gasteiger partial charge in [0.1, 0.15) is 5.82 Å². The highest BCUT2D eigenvalue weighted by atomic mass is 79.9. The molecule has 0 atom stereocenters. The van der Waals surface area contributed by atoms with Crippen molar-refractivity contribution in [1.29, 1.82) is 0 Å². The monoisotopic (exact) mass is 222 g/mol. The van der Waals surface area contributed by atoms with Crippen LogP contribution >= 0.6 is 15.9 Å². The zero-order valence-corrected chi connectivity index (χ0v) is 7.88. The number of halogens is 1. The van der Waals surface area contributed by atoms with Crippen molar-refractivity contribution in [2.24, 2.45) is 0 Å². The van der Waals surface area contributed by atoms with Crippen molar-refractivity contribution >= 4 is 32.5 Å². The van der Waals surface area contributed by atoms with E-state index in [0.29, 0.717) is 5.82 Å². The SMILES string of the molecule is Nc1ncc2ccccc2c1Br. The van der Waals surface area contributed by atoms with Crippen LogP contribution in [-0.2, 0) is 0 Å². The molecule has 2 N–H and O–H groups in total. The number of nitrogens with two attached hydrogens (primary N) is 1. The highest BCUT2D eigenvalue weighted by Crippen LogP contribution is 2.26. The van der Waals surface area contributed by atoms with Crippen LogP contribution in [0.25, 0.3) is 10.8 Å². The molecule has 3 heteroatoms. The molecule has 0 spiro atoms. The summed E-state index contributed by atoms with van der Waals surface area (Å²) in [6, 6.07) is 7.98. The molecule has 60 valence electrons. The zero-order valence-electron chi connectivity index (χ0n) is 6.29. The quantitative estimate of drug-likeness (QED) is 0.745. The molecule has 0 fully saturated rings. The fourth-order valence-electron chi connectivity index (χ4n) is 1.14. The number of hydrogen-bond acceptors (Lipinski definition) is 2. The molecule has 0 saturated carbocycles. The van der Waals surface area contributed by atoms with Gasteiger partial charge in [0, 0.05) is 17.0 Å². The standard InChI is InChI=1S/C9H7BrN2/c10-8-7-4-2-1-3-6(7)5-12-9(8)11/h1-5H,(H2,11,12). The van der Waals surface area contributed by atoms with E-state index >= 15 is 0 Å². The maximum absolute atomic E-state index is 5.63. The average Bonchev–Trinajstić information content (AvgIpc) is 2.12. The lowest BCUT2D eigenvalue weighted by Crippen LogP contribution is -1.91. The summed E-state index contributed by atoms with van der Waals surface area (Å²) >= 11 is 3.39. The number of pyridine rings is 1. The van der Waals surface area contributed by atoms with E-state index in [2.05, 4.69) is 20.9 Å². The first-order valence-electron chi connectivity index (χ1n) is 3.58. The summed E-state index contributed by atoms with van der Waals surface area (Å²) in [6.07, 6.45) is 1.77. The maximum Gasteiger partial charge on any atom is 0.138 e. The van der Waals surface area contributed by atoms with E-state index in [0.717, 1.165) is 15.2 Å². The third-order valence-corrected chi connectivity index (χ3v) is 2.60. The molecule has 0 amide bonds. The molecule has 0 saturated heterocycles. The Kier molecular flexibility index (Phi) is 1.73. The van der Waals surface area contributed by atoms with E-state index < -0.39 is 0 Å². The van der Waals surface area contributed by atoms with Crippen LogP contribution < -0.4 is 5.73 Å². The summed E-state index contributed by atoms with van der Waals surface area (Å²) in [4.78, 5) is 4.04. The van der Waals surface area contributed by atoms with Gasteiger partial charge in [-0.15, -0.1) is 0 Å². The Balaban J connectivity index is 2.91. The lowest BCUT2D eigenvalue weighted by molar-refractivity contribution is 1.35. The Labute approximate surface area is 78.5 Å². The molecule has 2 rings (SSSR count). The Bertz CT molecular complexity index is 426. The lowest BCUT2D eigenvalue weighted by atomic mass is 10.2. The summed E-state index contributed by atoms with van der Waals surface area (Å²) in [7, 11) is 0. The largest absolute Gasteiger partial charge is 0.383 e. The molecule has 1 aromatic carbocycles. The molecule has 12 heavy (non-hydrogen) atoms. The van der Waals surface area contributed by atoms with Gasteiger partial charge in [0.25, 0.3) is 0 Å². The van der Waals surface area contributed by atoms with Crippen LogP contribution in [0.2, 0.25) is 0 Å². The summed E-state index contributed by atoms with van der Waals surface area (Å²) in [5.41, 5.74) is 5.63. The molecule has 1 heterocycles. The van der Waals surface area contributed by atoms with Gasteiger partial charge in [0.2, 0.25) is 0 Å². The van der Waals surface area contributed by atoms with Gasteiger partial charge >= 0.3 is 0 Å². The van der Waals surface area contributed by atoms with Crippen LogP contribution in [0.5, 0.6) is 0 Å². The van der Waals surface area contributed by atoms with Gasteiger partial charge in [-0.3, -0.25) is 0 Å². The van der Waals surface area contributed by atoms with Gasteiger partial charge < -0.3 is 5.73 Å². The summed E-state index contributed by atoms with van der Waals surface area (Å²) in [6.45, 7) is 0. The second kappa shape index (κ2) is 2.75. The highest BCUT2D eigenvalue weighted by Gasteiger charge is 2.01. The van der Waals surface area contributed by atoms with Crippen LogP contribution in [0.3, 0.4) is 0 Å². The van der Waals surface area contributed by atoms with Crippen LogP contribution in [0.15, 0.2) is 34.9 Å². The third-order valence-electron chi connectivity index (χ3n) is 1.76. The minimum Gasteiger partial charge on any atom is -0.383 e. The van der Waals surface area contributed by atoms with Crippen molar-refractivity contribution in [2.75, 3.05) is 5.73 Å². The third kappa shape index (κ3) is 1.06. The predicted molar refractivity (Wildman–Crippen MR) is 53.9 cm³/mol. The van der Waals surface area contributed by atoms with Crippen molar-refractivity contribution in [3.8, 4) is 0 Å². The van der Waals surface area contributed by atoms with Crippen molar-refractivity contribution < 1.29 is 0 Å². The zero-order chi connectivity index (χ0) is 8.55. The van der Waals surface area contributed by atoms with E-state index in [4.69, 9.17) is 5.73 Å². The molecule has 1 aromatic heterocycles. The number of anilines is 1. The normalized spacial score (nSPS) is 10.4. The van der Waals surface area contributed by atoms with E-state index in [1.54, 1.807) is 6.20 Å². The molecule has 2 aromatic rings. The van der Waals surface area contributed by atoms with Crippen molar-refractivity contribution in [3.63, 3.8) is 0 Å². The Hall–Kier alpha value is -1.09. The molecular weight excluding hydrogens is 216 g/mol. The average molecular weight is 223 g/mol. The number of hydrogen-bond donors (Lipinski definition) is 1. The Morgan fingerprint density at radius 2 is 2.00 bits per heavy atom. The van der Waals surface area contributed by atoms with Crippen LogP contribution in [0.4, 0.5) is 5.82 Å². The second-order valence-electron chi connectivity index (χ2n) is 2.54. The summed E-state index contributed by atoms with van der Waals surface area (Å²) < 4.78 is 0.876. The van der Waals surface area contributed by atoms with Crippen molar-refractivity contribution in [1.82, 2.24) is 4.98 Å². The van der Waals surface area contributed by atoms with E-state index in [9.17, 15) is 0 Å². The topological polar surface area (TPSA) is 38.9 Å². The van der Waals surface area contributed by atoms with Crippen LogP contribution in [-0.4, -0.2) is 4.98 Å². The maximum atomic E-state index is 5.63. The first-order valence-corrected chi connectivity index (χ1v) is 4.37. The second-order valence-corrected chi connectivity index (χ2v) is 3.34. The highest BCUT2D eigenvalue weighted by molar-refractivity contribution is 9.10. The molecule has 0 aliphatic carbocycles. The van der Waals surface area contributed by atoms with Gasteiger partial charge in [-0.25, -0.2) is 4.98 Å². The molecule has 0 aliphatic rings. The van der Waals surface area contributed by atoms with Gasteiger partial charge in [0.15, 0.2) is 0 Å².